The highest BCUT2D eigenvalue weighted by Gasteiger charge is 2.16. The lowest BCUT2D eigenvalue weighted by atomic mass is 10.1. The highest BCUT2D eigenvalue weighted by molar-refractivity contribution is 7.99. The number of carbonyl (C=O) groups is 2. The number of oxime groups is 1. The van der Waals surface area contributed by atoms with Gasteiger partial charge in [0, 0.05) is 54.2 Å². The second-order valence-electron chi connectivity index (χ2n) is 8.18. The van der Waals surface area contributed by atoms with Crippen LogP contribution in [0.15, 0.2) is 133 Å². The summed E-state index contributed by atoms with van der Waals surface area (Å²) in [4.78, 5) is 33.7. The Morgan fingerprint density at radius 3 is 1.97 bits per heavy atom. The lowest BCUT2D eigenvalue weighted by Crippen LogP contribution is -2.16. The predicted molar refractivity (Wildman–Crippen MR) is 158 cm³/mol. The van der Waals surface area contributed by atoms with Crippen LogP contribution in [0, 0.1) is 0 Å². The summed E-state index contributed by atoms with van der Waals surface area (Å²) in [5.41, 5.74) is 0.629. The van der Waals surface area contributed by atoms with E-state index >= 15 is 0 Å². The first-order valence-corrected chi connectivity index (χ1v) is 15.2. The van der Waals surface area contributed by atoms with Crippen molar-refractivity contribution in [2.45, 2.75) is 37.8 Å². The molecule has 4 aromatic rings. The van der Waals surface area contributed by atoms with E-state index in [0.29, 0.717) is 22.8 Å². The summed E-state index contributed by atoms with van der Waals surface area (Å²) in [6, 6.07) is 31.6. The summed E-state index contributed by atoms with van der Waals surface area (Å²) in [5.74, 6) is -0.305. The number of nitrogens with zero attached hydrogens (tertiary/aromatic N) is 1. The molecule has 0 saturated carbocycles. The normalized spacial score (nSPS) is 12.1. The minimum Gasteiger partial charge on any atom is -0.318 e. The molecule has 0 aliphatic heterocycles. The van der Waals surface area contributed by atoms with Gasteiger partial charge in [-0.25, -0.2) is 9.00 Å². The van der Waals surface area contributed by atoms with Crippen LogP contribution in [-0.2, 0) is 20.4 Å². The number of hydrogen-bond acceptors (Lipinski definition) is 7. The lowest BCUT2D eigenvalue weighted by Gasteiger charge is -2.08. The monoisotopic (exact) mass is 593 g/mol. The van der Waals surface area contributed by atoms with Gasteiger partial charge in [0.15, 0.2) is 0 Å². The summed E-state index contributed by atoms with van der Waals surface area (Å²) in [5, 5.41) is 4.49. The highest BCUT2D eigenvalue weighted by atomic mass is 35.5. The summed E-state index contributed by atoms with van der Waals surface area (Å²) in [6.07, 6.45) is 0.326. The van der Waals surface area contributed by atoms with Crippen LogP contribution >= 0.6 is 35.1 Å². The molecule has 5 nitrogen and oxygen atoms in total. The molecule has 9 heteroatoms. The maximum absolute atomic E-state index is 13.1. The Labute approximate surface area is 243 Å². The standard InChI is InChI=1S/C30H24ClNO4S3/c1-21(33)36-32-29(19-20-37-24-13-9-23(31)10-14-24)30(34)22-7-11-25(12-8-22)38-26-15-17-28(18-16-26)39(35)27-5-3-2-4-6-27/h2-18H,19-20H2,1H3. The molecular weight excluding hydrogens is 570 g/mol. The number of hydrogen-bond donors (Lipinski definition) is 0. The minimum atomic E-state index is -1.23. The van der Waals surface area contributed by atoms with Crippen molar-refractivity contribution in [3.05, 3.63) is 114 Å². The van der Waals surface area contributed by atoms with Crippen LogP contribution in [0.5, 0.6) is 0 Å². The summed E-state index contributed by atoms with van der Waals surface area (Å²) < 4.78 is 12.7. The van der Waals surface area contributed by atoms with E-state index in [1.807, 2.05) is 91.0 Å². The molecular formula is C30H24ClNO4S3. The first-order chi connectivity index (χ1) is 18.9. The molecule has 0 aliphatic carbocycles. The number of carbonyl (C=O) groups excluding carboxylic acids is 2. The van der Waals surface area contributed by atoms with E-state index in [0.717, 1.165) is 24.5 Å². The first-order valence-electron chi connectivity index (χ1n) is 11.9. The molecule has 0 aliphatic rings. The van der Waals surface area contributed by atoms with Crippen molar-refractivity contribution in [3.8, 4) is 0 Å². The number of benzene rings is 4. The van der Waals surface area contributed by atoms with Crippen molar-refractivity contribution in [2.75, 3.05) is 5.75 Å². The quantitative estimate of drug-likeness (QED) is 0.0578. The zero-order chi connectivity index (χ0) is 27.6. The minimum absolute atomic E-state index is 0.175. The maximum Gasteiger partial charge on any atom is 0.331 e. The number of rotatable bonds is 11. The molecule has 0 amide bonds. The van der Waals surface area contributed by atoms with Crippen LogP contribution in [-0.4, -0.2) is 27.4 Å². The molecule has 0 N–H and O–H groups in total. The molecule has 0 radical (unpaired) electrons. The number of Topliss-reactive ketones (excluding diaryl/α,β-unsaturated/α-hetero) is 1. The molecule has 4 rings (SSSR count). The van der Waals surface area contributed by atoms with E-state index in [-0.39, 0.29) is 11.5 Å². The molecule has 4 aromatic carbocycles. The fraction of sp³-hybridized carbons (Fsp3) is 0.100. The van der Waals surface area contributed by atoms with E-state index < -0.39 is 16.8 Å². The van der Waals surface area contributed by atoms with Gasteiger partial charge in [-0.2, -0.15) is 0 Å². The van der Waals surface area contributed by atoms with Crippen molar-refractivity contribution in [1.82, 2.24) is 0 Å². The van der Waals surface area contributed by atoms with Crippen LogP contribution in [0.1, 0.15) is 23.7 Å². The fourth-order valence-corrected chi connectivity index (χ4v) is 6.27. The molecule has 1 atom stereocenters. The third-order valence-corrected chi connectivity index (χ3v) is 9.00. The Balaban J connectivity index is 1.39. The molecule has 0 heterocycles. The summed E-state index contributed by atoms with van der Waals surface area (Å²) in [6.45, 7) is 1.24. The van der Waals surface area contributed by atoms with E-state index in [2.05, 4.69) is 5.16 Å². The third-order valence-electron chi connectivity index (χ3n) is 5.32. The number of thioether (sulfide) groups is 1. The van der Waals surface area contributed by atoms with Gasteiger partial charge in [0.2, 0.25) is 5.78 Å². The van der Waals surface area contributed by atoms with Crippen LogP contribution in [0.3, 0.4) is 0 Å². The van der Waals surface area contributed by atoms with Crippen molar-refractivity contribution in [2.24, 2.45) is 5.16 Å². The van der Waals surface area contributed by atoms with Crippen LogP contribution in [0.25, 0.3) is 0 Å². The maximum atomic E-state index is 13.1. The first kappa shape index (κ1) is 28.8. The SMILES string of the molecule is CC(=O)ON=C(CCSc1ccc(Cl)cc1)C(=O)c1ccc(Sc2ccc(S(=O)c3ccccc3)cc2)cc1. The largest absolute Gasteiger partial charge is 0.331 e. The van der Waals surface area contributed by atoms with Gasteiger partial charge in [0.05, 0.1) is 10.8 Å². The second-order valence-corrected chi connectivity index (χ2v) is 12.4. The Morgan fingerprint density at radius 2 is 1.36 bits per heavy atom. The zero-order valence-corrected chi connectivity index (χ0v) is 24.1. The smallest absolute Gasteiger partial charge is 0.318 e. The van der Waals surface area contributed by atoms with Gasteiger partial charge in [-0.3, -0.25) is 4.79 Å². The van der Waals surface area contributed by atoms with E-state index in [1.165, 1.54) is 18.7 Å². The Kier molecular flexibility index (Phi) is 10.6. The van der Waals surface area contributed by atoms with Crippen LogP contribution in [0.4, 0.5) is 0 Å². The molecule has 39 heavy (non-hydrogen) atoms. The van der Waals surface area contributed by atoms with Crippen molar-refractivity contribution in [1.29, 1.82) is 0 Å². The topological polar surface area (TPSA) is 72.8 Å². The molecule has 0 bridgehead atoms. The molecule has 0 fully saturated rings. The average molecular weight is 594 g/mol. The lowest BCUT2D eigenvalue weighted by molar-refractivity contribution is -0.140. The summed E-state index contributed by atoms with van der Waals surface area (Å²) >= 11 is 9.03. The van der Waals surface area contributed by atoms with E-state index in [9.17, 15) is 13.8 Å². The Morgan fingerprint density at radius 1 is 0.795 bits per heavy atom. The zero-order valence-electron chi connectivity index (χ0n) is 20.9. The van der Waals surface area contributed by atoms with Crippen LogP contribution in [0.2, 0.25) is 5.02 Å². The average Bonchev–Trinajstić information content (AvgIpc) is 2.96. The van der Waals surface area contributed by atoms with Gasteiger partial charge in [-0.15, -0.1) is 11.8 Å². The Hall–Kier alpha value is -3.17. The third kappa shape index (κ3) is 8.66. The van der Waals surface area contributed by atoms with Gasteiger partial charge in [-0.05, 0) is 84.9 Å². The number of ketones is 1. The van der Waals surface area contributed by atoms with Gasteiger partial charge in [0.25, 0.3) is 0 Å². The van der Waals surface area contributed by atoms with Gasteiger partial charge >= 0.3 is 5.97 Å². The predicted octanol–water partition coefficient (Wildman–Crippen LogP) is 7.94. The molecule has 0 spiro atoms. The fourth-order valence-electron chi connectivity index (χ4n) is 3.40. The van der Waals surface area contributed by atoms with Gasteiger partial charge in [-0.1, -0.05) is 46.7 Å². The Bertz CT molecular complexity index is 1470. The van der Waals surface area contributed by atoms with Crippen molar-refractivity contribution >= 4 is 63.4 Å². The highest BCUT2D eigenvalue weighted by Crippen LogP contribution is 2.29. The van der Waals surface area contributed by atoms with Crippen molar-refractivity contribution in [3.63, 3.8) is 0 Å². The van der Waals surface area contributed by atoms with E-state index in [4.69, 9.17) is 16.4 Å². The molecule has 1 unspecified atom stereocenters. The molecule has 0 aromatic heterocycles. The summed E-state index contributed by atoms with van der Waals surface area (Å²) in [7, 11) is -1.23. The van der Waals surface area contributed by atoms with E-state index in [1.54, 1.807) is 23.9 Å². The van der Waals surface area contributed by atoms with Gasteiger partial charge in [0.1, 0.15) is 5.71 Å². The van der Waals surface area contributed by atoms with Gasteiger partial charge < -0.3 is 4.84 Å². The molecule has 198 valence electrons. The number of halogens is 1. The van der Waals surface area contributed by atoms with Crippen molar-refractivity contribution < 1.29 is 18.6 Å². The second kappa shape index (κ2) is 14.3. The van der Waals surface area contributed by atoms with Crippen LogP contribution < -0.4 is 0 Å². The molecule has 0 saturated heterocycles.